The summed E-state index contributed by atoms with van der Waals surface area (Å²) in [7, 11) is -2.86. The Balaban J connectivity index is 0.00000225. The van der Waals surface area contributed by atoms with Crippen molar-refractivity contribution in [1.29, 1.82) is 0 Å². The number of halogens is 1. The monoisotopic (exact) mass is 519 g/mol. The third-order valence-electron chi connectivity index (χ3n) is 5.77. The van der Waals surface area contributed by atoms with Crippen molar-refractivity contribution in [1.82, 2.24) is 10.2 Å². The SMILES string of the molecule is I.O=S1(=O)CCC(CN=C(NCC2CCCO2)N2CCc3ccccc3C2)C1. The van der Waals surface area contributed by atoms with Gasteiger partial charge in [-0.2, -0.15) is 0 Å². The number of aliphatic imine (C=N–C) groups is 1. The second-order valence-corrected chi connectivity index (χ2v) is 10.1. The number of nitrogens with one attached hydrogen (secondary N) is 1. The lowest BCUT2D eigenvalue weighted by Crippen LogP contribution is -2.46. The van der Waals surface area contributed by atoms with Gasteiger partial charge in [0.25, 0.3) is 0 Å². The first-order valence-electron chi connectivity index (χ1n) is 10.0. The van der Waals surface area contributed by atoms with Crippen LogP contribution in [0.4, 0.5) is 0 Å². The van der Waals surface area contributed by atoms with Gasteiger partial charge in [0.2, 0.25) is 0 Å². The highest BCUT2D eigenvalue weighted by atomic mass is 127. The van der Waals surface area contributed by atoms with Gasteiger partial charge >= 0.3 is 0 Å². The van der Waals surface area contributed by atoms with Gasteiger partial charge in [0, 0.05) is 32.8 Å². The zero-order chi connectivity index (χ0) is 18.7. The van der Waals surface area contributed by atoms with E-state index < -0.39 is 9.84 Å². The number of nitrogens with zero attached hydrogens (tertiary/aromatic N) is 2. The van der Waals surface area contributed by atoms with Gasteiger partial charge in [-0.1, -0.05) is 24.3 Å². The summed E-state index contributed by atoms with van der Waals surface area (Å²) < 4.78 is 29.2. The van der Waals surface area contributed by atoms with E-state index in [1.54, 1.807) is 0 Å². The van der Waals surface area contributed by atoms with E-state index in [1.807, 2.05) is 0 Å². The summed E-state index contributed by atoms with van der Waals surface area (Å²) in [5.74, 6) is 1.62. The van der Waals surface area contributed by atoms with Gasteiger partial charge in [-0.25, -0.2) is 8.42 Å². The maximum Gasteiger partial charge on any atom is 0.194 e. The number of hydrogen-bond donors (Lipinski definition) is 1. The normalized spacial score (nSPS) is 26.6. The van der Waals surface area contributed by atoms with Gasteiger partial charge in [-0.15, -0.1) is 24.0 Å². The number of rotatable bonds is 4. The Hall–Kier alpha value is -0.870. The molecule has 1 aromatic carbocycles. The summed E-state index contributed by atoms with van der Waals surface area (Å²) in [6.45, 7) is 3.95. The quantitative estimate of drug-likeness (QED) is 0.376. The lowest BCUT2D eigenvalue weighted by molar-refractivity contribution is 0.113. The van der Waals surface area contributed by atoms with Crippen LogP contribution in [0.25, 0.3) is 0 Å². The van der Waals surface area contributed by atoms with Crippen molar-refractivity contribution in [3.8, 4) is 0 Å². The van der Waals surface area contributed by atoms with Crippen molar-refractivity contribution in [3.63, 3.8) is 0 Å². The average Bonchev–Trinajstić information content (AvgIpc) is 3.30. The molecule has 6 nitrogen and oxygen atoms in total. The molecule has 0 aromatic heterocycles. The van der Waals surface area contributed by atoms with E-state index in [4.69, 9.17) is 9.73 Å². The van der Waals surface area contributed by atoms with Gasteiger partial charge in [0.15, 0.2) is 15.8 Å². The first kappa shape index (κ1) is 21.8. The number of benzene rings is 1. The molecular formula is C20H30IN3O3S. The van der Waals surface area contributed by atoms with Crippen LogP contribution in [-0.2, 0) is 27.5 Å². The van der Waals surface area contributed by atoms with Crippen LogP contribution in [0, 0.1) is 5.92 Å². The number of sulfone groups is 1. The molecular weight excluding hydrogens is 489 g/mol. The fraction of sp³-hybridized carbons (Fsp3) is 0.650. The molecule has 0 aliphatic carbocycles. The molecule has 0 amide bonds. The molecule has 156 valence electrons. The number of guanidine groups is 1. The molecule has 1 N–H and O–H groups in total. The zero-order valence-corrected chi connectivity index (χ0v) is 19.3. The summed E-state index contributed by atoms with van der Waals surface area (Å²) in [6, 6.07) is 8.57. The maximum atomic E-state index is 11.7. The zero-order valence-electron chi connectivity index (χ0n) is 16.2. The number of ether oxygens (including phenoxy) is 1. The first-order chi connectivity index (χ1) is 13.1. The molecule has 3 heterocycles. The summed E-state index contributed by atoms with van der Waals surface area (Å²) >= 11 is 0. The summed E-state index contributed by atoms with van der Waals surface area (Å²) in [5.41, 5.74) is 2.76. The summed E-state index contributed by atoms with van der Waals surface area (Å²) in [5, 5.41) is 3.51. The predicted molar refractivity (Wildman–Crippen MR) is 122 cm³/mol. The van der Waals surface area contributed by atoms with Crippen LogP contribution in [-0.4, -0.2) is 63.1 Å². The highest BCUT2D eigenvalue weighted by Gasteiger charge is 2.28. The Morgan fingerprint density at radius 1 is 1.25 bits per heavy atom. The minimum atomic E-state index is -2.86. The minimum absolute atomic E-state index is 0. The highest BCUT2D eigenvalue weighted by molar-refractivity contribution is 14.0. The second-order valence-electron chi connectivity index (χ2n) is 7.89. The Labute approximate surface area is 185 Å². The Kier molecular flexibility index (Phi) is 7.60. The molecule has 2 unspecified atom stereocenters. The molecule has 3 aliphatic heterocycles. The minimum Gasteiger partial charge on any atom is -0.376 e. The summed E-state index contributed by atoms with van der Waals surface area (Å²) in [4.78, 5) is 7.13. The predicted octanol–water partition coefficient (Wildman–Crippen LogP) is 2.22. The van der Waals surface area contributed by atoms with Crippen molar-refractivity contribution >= 4 is 39.8 Å². The van der Waals surface area contributed by atoms with E-state index in [0.717, 1.165) is 57.9 Å². The van der Waals surface area contributed by atoms with E-state index in [0.29, 0.717) is 12.3 Å². The molecule has 0 spiro atoms. The van der Waals surface area contributed by atoms with Gasteiger partial charge in [-0.3, -0.25) is 4.99 Å². The summed E-state index contributed by atoms with van der Waals surface area (Å²) in [6.07, 6.45) is 4.20. The van der Waals surface area contributed by atoms with Crippen molar-refractivity contribution in [2.45, 2.75) is 38.3 Å². The van der Waals surface area contributed by atoms with Crippen molar-refractivity contribution in [2.75, 3.05) is 37.7 Å². The molecule has 8 heteroatoms. The third kappa shape index (κ3) is 5.60. The fourth-order valence-corrected chi connectivity index (χ4v) is 6.04. The molecule has 3 aliphatic rings. The third-order valence-corrected chi connectivity index (χ3v) is 7.60. The maximum absolute atomic E-state index is 11.7. The van der Waals surface area contributed by atoms with Crippen LogP contribution in [0.3, 0.4) is 0 Å². The van der Waals surface area contributed by atoms with E-state index in [2.05, 4.69) is 34.5 Å². The van der Waals surface area contributed by atoms with Crippen LogP contribution in [0.5, 0.6) is 0 Å². The van der Waals surface area contributed by atoms with Crippen molar-refractivity contribution in [3.05, 3.63) is 35.4 Å². The molecule has 2 saturated heterocycles. The Bertz CT molecular complexity index is 794. The Morgan fingerprint density at radius 2 is 2.07 bits per heavy atom. The van der Waals surface area contributed by atoms with Gasteiger partial charge in [-0.05, 0) is 42.7 Å². The van der Waals surface area contributed by atoms with E-state index in [1.165, 1.54) is 11.1 Å². The molecule has 2 atom stereocenters. The van der Waals surface area contributed by atoms with Gasteiger partial charge in [0.1, 0.15) is 0 Å². The van der Waals surface area contributed by atoms with Crippen LogP contribution >= 0.6 is 24.0 Å². The molecule has 28 heavy (non-hydrogen) atoms. The average molecular weight is 519 g/mol. The highest BCUT2D eigenvalue weighted by Crippen LogP contribution is 2.21. The van der Waals surface area contributed by atoms with Crippen LogP contribution in [0.1, 0.15) is 30.4 Å². The lowest BCUT2D eigenvalue weighted by atomic mass is 10.0. The molecule has 4 rings (SSSR count). The molecule has 1 aromatic rings. The standard InChI is InChI=1S/C20H29N3O3S.HI/c24-27(25)11-8-16(15-27)12-21-20(22-13-19-6-3-10-26-19)23-9-7-17-4-1-2-5-18(17)14-23;/h1-2,4-5,16,19H,3,6-15H2,(H,21,22);1H. The van der Waals surface area contributed by atoms with Crippen LogP contribution in [0.2, 0.25) is 0 Å². The first-order valence-corrected chi connectivity index (χ1v) is 11.8. The largest absolute Gasteiger partial charge is 0.376 e. The lowest BCUT2D eigenvalue weighted by Gasteiger charge is -2.32. The van der Waals surface area contributed by atoms with Gasteiger partial charge < -0.3 is 15.0 Å². The molecule has 0 saturated carbocycles. The van der Waals surface area contributed by atoms with Crippen molar-refractivity contribution < 1.29 is 13.2 Å². The molecule has 0 radical (unpaired) electrons. The molecule has 0 bridgehead atoms. The topological polar surface area (TPSA) is 71.0 Å². The van der Waals surface area contributed by atoms with Crippen LogP contribution < -0.4 is 5.32 Å². The van der Waals surface area contributed by atoms with Crippen molar-refractivity contribution in [2.24, 2.45) is 10.9 Å². The Morgan fingerprint density at radius 3 is 2.79 bits per heavy atom. The smallest absolute Gasteiger partial charge is 0.194 e. The van der Waals surface area contributed by atoms with Gasteiger partial charge in [0.05, 0.1) is 17.6 Å². The van der Waals surface area contributed by atoms with E-state index >= 15 is 0 Å². The second kappa shape index (κ2) is 9.75. The molecule has 2 fully saturated rings. The number of hydrogen-bond acceptors (Lipinski definition) is 4. The number of fused-ring (bicyclic) bond motifs is 1. The fourth-order valence-electron chi connectivity index (χ4n) is 4.19. The van der Waals surface area contributed by atoms with E-state index in [-0.39, 0.29) is 41.8 Å². The van der Waals surface area contributed by atoms with Crippen LogP contribution in [0.15, 0.2) is 29.3 Å². The van der Waals surface area contributed by atoms with E-state index in [9.17, 15) is 8.42 Å².